The molecular formula is C30H21N9. The topological polar surface area (TPSA) is 87.1 Å². The fraction of sp³-hybridized carbons (Fsp3) is 0. The number of fused-ring (bicyclic) bond motifs is 6. The van der Waals surface area contributed by atoms with E-state index in [0.717, 1.165) is 28.4 Å². The number of aromatic nitrogens is 6. The second kappa shape index (κ2) is 9.64. The molecule has 9 heteroatoms. The average Bonchev–Trinajstić information content (AvgIpc) is 3.00. The molecule has 186 valence electrons. The summed E-state index contributed by atoms with van der Waals surface area (Å²) in [4.78, 5) is 33.9. The minimum atomic E-state index is 0.382. The summed E-state index contributed by atoms with van der Waals surface area (Å²) < 4.78 is 0. The van der Waals surface area contributed by atoms with Crippen LogP contribution in [-0.4, -0.2) is 29.9 Å². The van der Waals surface area contributed by atoms with Crippen molar-refractivity contribution in [3.8, 4) is 0 Å². The van der Waals surface area contributed by atoms with Gasteiger partial charge in [-0.05, 0) is 54.6 Å². The maximum absolute atomic E-state index is 4.92. The third kappa shape index (κ3) is 4.17. The largest absolute Gasteiger partial charge is 0.279 e. The van der Waals surface area contributed by atoms with Crippen molar-refractivity contribution in [1.29, 1.82) is 0 Å². The fourth-order valence-corrected chi connectivity index (χ4v) is 4.57. The van der Waals surface area contributed by atoms with E-state index in [2.05, 4.69) is 26.0 Å². The molecule has 1 aliphatic rings. The van der Waals surface area contributed by atoms with Crippen molar-refractivity contribution >= 4 is 52.2 Å². The third-order valence-electron chi connectivity index (χ3n) is 6.28. The van der Waals surface area contributed by atoms with Crippen molar-refractivity contribution in [2.75, 3.05) is 14.7 Å². The molecule has 9 nitrogen and oxygen atoms in total. The lowest BCUT2D eigenvalue weighted by atomic mass is 10.2. The molecule has 39 heavy (non-hydrogen) atoms. The van der Waals surface area contributed by atoms with Gasteiger partial charge in [-0.25, -0.2) is 24.8 Å². The number of anilines is 9. The van der Waals surface area contributed by atoms with Gasteiger partial charge in [0.25, 0.3) is 0 Å². The van der Waals surface area contributed by atoms with E-state index in [1.165, 1.54) is 12.7 Å². The number of hydrogen-bond donors (Lipinski definition) is 0. The molecule has 4 aromatic carbocycles. The van der Waals surface area contributed by atoms with Crippen LogP contribution in [0, 0.1) is 0 Å². The fourth-order valence-electron chi connectivity index (χ4n) is 4.57. The zero-order chi connectivity index (χ0) is 26.0. The number of nitrogens with zero attached hydrogens (tertiary/aromatic N) is 9. The highest BCUT2D eigenvalue weighted by Gasteiger charge is 2.26. The van der Waals surface area contributed by atoms with Gasteiger partial charge in [0.2, 0.25) is 23.8 Å². The summed E-state index contributed by atoms with van der Waals surface area (Å²) >= 11 is 0. The van der Waals surface area contributed by atoms with Gasteiger partial charge >= 0.3 is 0 Å². The predicted octanol–water partition coefficient (Wildman–Crippen LogP) is 6.78. The van der Waals surface area contributed by atoms with Crippen LogP contribution < -0.4 is 14.7 Å². The highest BCUT2D eigenvalue weighted by atomic mass is 15.4. The molecular weight excluding hydrogens is 486 g/mol. The second-order valence-electron chi connectivity index (χ2n) is 8.70. The van der Waals surface area contributed by atoms with Crippen molar-refractivity contribution in [2.24, 2.45) is 0 Å². The van der Waals surface area contributed by atoms with Crippen molar-refractivity contribution in [3.63, 3.8) is 0 Å². The quantitative estimate of drug-likeness (QED) is 0.257. The first-order chi connectivity index (χ1) is 19.3. The van der Waals surface area contributed by atoms with Gasteiger partial charge in [0, 0.05) is 11.4 Å². The highest BCUT2D eigenvalue weighted by molar-refractivity contribution is 5.81. The summed E-state index contributed by atoms with van der Waals surface area (Å²) in [5, 5.41) is 0. The molecule has 0 atom stereocenters. The molecule has 6 aromatic rings. The third-order valence-corrected chi connectivity index (χ3v) is 6.28. The summed E-state index contributed by atoms with van der Waals surface area (Å²) in [7, 11) is 0. The maximum atomic E-state index is 4.92. The summed E-state index contributed by atoms with van der Waals surface area (Å²) in [5.74, 6) is 1.69. The van der Waals surface area contributed by atoms with Crippen LogP contribution in [0.3, 0.4) is 0 Å². The Morgan fingerprint density at radius 3 is 1.08 bits per heavy atom. The molecule has 0 unspecified atom stereocenters. The van der Waals surface area contributed by atoms with Crippen molar-refractivity contribution in [1.82, 2.24) is 29.9 Å². The van der Waals surface area contributed by atoms with Gasteiger partial charge in [0.15, 0.2) is 0 Å². The minimum absolute atomic E-state index is 0.382. The molecule has 7 rings (SSSR count). The first kappa shape index (κ1) is 22.5. The Hall–Kier alpha value is -5.70. The van der Waals surface area contributed by atoms with Crippen LogP contribution in [0.4, 0.5) is 52.2 Å². The highest BCUT2D eigenvalue weighted by Crippen LogP contribution is 2.40. The number of hydrogen-bond acceptors (Lipinski definition) is 9. The van der Waals surface area contributed by atoms with Crippen molar-refractivity contribution in [3.05, 3.63) is 128 Å². The first-order valence-corrected chi connectivity index (χ1v) is 12.4. The predicted molar refractivity (Wildman–Crippen MR) is 151 cm³/mol. The van der Waals surface area contributed by atoms with Crippen molar-refractivity contribution < 1.29 is 0 Å². The van der Waals surface area contributed by atoms with Gasteiger partial charge in [-0.1, -0.05) is 60.7 Å². The van der Waals surface area contributed by atoms with Crippen LogP contribution in [0.25, 0.3) is 0 Å². The minimum Gasteiger partial charge on any atom is -0.279 e. The summed E-state index contributed by atoms with van der Waals surface area (Å²) in [5.41, 5.74) is 4.37. The molecule has 0 saturated carbocycles. The van der Waals surface area contributed by atoms with Gasteiger partial charge in [0.05, 0.1) is 17.1 Å². The Morgan fingerprint density at radius 2 is 0.667 bits per heavy atom. The van der Waals surface area contributed by atoms with Gasteiger partial charge in [-0.15, -0.1) is 0 Å². The SMILES string of the molecule is c1ccc(N2c3cccc(c3)N(c3ccccc3)c3ncnc(n3)N(c3ccccc3)c3ncnc2n3)cc1. The van der Waals surface area contributed by atoms with Crippen LogP contribution in [0.15, 0.2) is 128 Å². The molecule has 6 bridgehead atoms. The van der Waals surface area contributed by atoms with E-state index in [9.17, 15) is 0 Å². The monoisotopic (exact) mass is 507 g/mol. The van der Waals surface area contributed by atoms with Gasteiger partial charge in [-0.2, -0.15) is 9.97 Å². The molecule has 0 radical (unpaired) electrons. The molecule has 0 fully saturated rings. The van der Waals surface area contributed by atoms with E-state index < -0.39 is 0 Å². The van der Waals surface area contributed by atoms with E-state index in [0.29, 0.717) is 23.8 Å². The van der Waals surface area contributed by atoms with E-state index in [1.807, 2.05) is 119 Å². The number of benzene rings is 4. The Labute approximate surface area is 224 Å². The van der Waals surface area contributed by atoms with Gasteiger partial charge in [-0.3, -0.25) is 9.80 Å². The standard InChI is InChI=1S/C30H21N9/c1-4-11-22(12-5-1)37-25-17-10-18-26(19-25)38(23-13-6-2-7-14-23)28-32-21-34-30(36-28)39(24-15-8-3-9-16-24)29-33-20-31-27(37)35-29/h1-21H. The zero-order valence-corrected chi connectivity index (χ0v) is 20.6. The lowest BCUT2D eigenvalue weighted by molar-refractivity contribution is 0.929. The number of para-hydroxylation sites is 3. The summed E-state index contributed by atoms with van der Waals surface area (Å²) in [6, 6.07) is 38.0. The molecule has 0 amide bonds. The van der Waals surface area contributed by atoms with Crippen LogP contribution in [0.5, 0.6) is 0 Å². The molecule has 0 spiro atoms. The molecule has 2 aromatic heterocycles. The smallest absolute Gasteiger partial charge is 0.241 e. The molecule has 3 heterocycles. The Bertz CT molecular complexity index is 1470. The molecule has 0 N–H and O–H groups in total. The Kier molecular flexibility index (Phi) is 5.56. The second-order valence-corrected chi connectivity index (χ2v) is 8.70. The van der Waals surface area contributed by atoms with Crippen molar-refractivity contribution in [2.45, 2.75) is 0 Å². The number of rotatable bonds is 3. The Morgan fingerprint density at radius 1 is 0.333 bits per heavy atom. The lowest BCUT2D eigenvalue weighted by Gasteiger charge is -2.29. The molecule has 1 aliphatic heterocycles. The van der Waals surface area contributed by atoms with E-state index in [1.54, 1.807) is 4.90 Å². The lowest BCUT2D eigenvalue weighted by Crippen LogP contribution is -2.22. The zero-order valence-electron chi connectivity index (χ0n) is 20.6. The first-order valence-electron chi connectivity index (χ1n) is 12.4. The summed E-state index contributed by atoms with van der Waals surface area (Å²) in [6.07, 6.45) is 3.02. The van der Waals surface area contributed by atoms with E-state index in [-0.39, 0.29) is 0 Å². The average molecular weight is 508 g/mol. The van der Waals surface area contributed by atoms with Gasteiger partial charge in [0.1, 0.15) is 12.7 Å². The van der Waals surface area contributed by atoms with Crippen LogP contribution >= 0.6 is 0 Å². The van der Waals surface area contributed by atoms with Gasteiger partial charge < -0.3 is 0 Å². The van der Waals surface area contributed by atoms with Crippen LogP contribution in [-0.2, 0) is 0 Å². The molecule has 0 saturated heterocycles. The van der Waals surface area contributed by atoms with E-state index in [4.69, 9.17) is 9.97 Å². The van der Waals surface area contributed by atoms with Crippen LogP contribution in [0.1, 0.15) is 0 Å². The Balaban J connectivity index is 1.55. The normalized spacial score (nSPS) is 12.5. The van der Waals surface area contributed by atoms with Crippen LogP contribution in [0.2, 0.25) is 0 Å². The summed E-state index contributed by atoms with van der Waals surface area (Å²) in [6.45, 7) is 0. The molecule has 0 aliphatic carbocycles. The maximum Gasteiger partial charge on any atom is 0.241 e. The van der Waals surface area contributed by atoms with E-state index >= 15 is 0 Å².